The van der Waals surface area contributed by atoms with Gasteiger partial charge in [0.1, 0.15) is 5.41 Å². The fourth-order valence-corrected chi connectivity index (χ4v) is 2.21. The van der Waals surface area contributed by atoms with Crippen LogP contribution in [-0.2, 0) is 9.59 Å². The molecule has 0 saturated carbocycles. The average molecular weight is 252 g/mol. The second kappa shape index (κ2) is 6.10. The van der Waals surface area contributed by atoms with Crippen molar-refractivity contribution in [2.75, 3.05) is 0 Å². The van der Waals surface area contributed by atoms with Crippen molar-refractivity contribution in [3.8, 4) is 0 Å². The molecule has 1 rings (SSSR count). The quantitative estimate of drug-likeness (QED) is 0.432. The first kappa shape index (κ1) is 16.0. The van der Waals surface area contributed by atoms with E-state index in [-0.39, 0.29) is 52.4 Å². The summed E-state index contributed by atoms with van der Waals surface area (Å²) in [4.78, 5) is 23.8. The molecule has 1 atom stereocenters. The summed E-state index contributed by atoms with van der Waals surface area (Å²) in [6.07, 6.45) is 1.27. The molecule has 1 heterocycles. The summed E-state index contributed by atoms with van der Waals surface area (Å²) in [6, 6.07) is 0. The molecule has 0 unspecified atom stereocenters. The van der Waals surface area contributed by atoms with Crippen LogP contribution in [0.2, 0.25) is 0 Å². The Labute approximate surface area is 123 Å². The minimum absolute atomic E-state index is 0. The Morgan fingerprint density at radius 1 is 1.25 bits per heavy atom. The molecule has 4 nitrogen and oxygen atoms in total. The van der Waals surface area contributed by atoms with Gasteiger partial charge in [0, 0.05) is 0 Å². The molecule has 2 amide bonds. The number of hydrogen-bond acceptors (Lipinski definition) is 3. The third-order valence-corrected chi connectivity index (χ3v) is 3.48. The van der Waals surface area contributed by atoms with Crippen molar-refractivity contribution in [1.29, 1.82) is 0 Å². The molecule has 0 bridgehead atoms. The number of rotatable bonds is 3. The van der Waals surface area contributed by atoms with Gasteiger partial charge >= 0.3 is 29.6 Å². The van der Waals surface area contributed by atoms with Gasteiger partial charge in [-0.1, -0.05) is 27.2 Å². The number of nitrogens with one attached hydrogen (secondary N) is 2. The van der Waals surface area contributed by atoms with Crippen LogP contribution in [0.3, 0.4) is 0 Å². The van der Waals surface area contributed by atoms with Crippen molar-refractivity contribution >= 4 is 58.7 Å². The van der Waals surface area contributed by atoms with E-state index in [0.717, 1.165) is 6.42 Å². The average Bonchev–Trinajstić information content (AvgIpc) is 2.17. The van der Waals surface area contributed by atoms with Gasteiger partial charge < -0.3 is 10.6 Å². The van der Waals surface area contributed by atoms with Crippen LogP contribution in [0.15, 0.2) is 0 Å². The molecule has 0 aromatic carbocycles. The predicted octanol–water partition coefficient (Wildman–Crippen LogP) is 0.311. The van der Waals surface area contributed by atoms with Crippen LogP contribution in [0.5, 0.6) is 0 Å². The standard InChI is InChI=1S/C10H16N2O2S.Na.H/c1-4-6(3)10(5-2)7(13)11-9(15)12-8(10)14;;/h6H,4-5H2,1-3H3,(H2,11,12,13,14,15);;/t6-;;/m1../s1. The second-order valence-electron chi connectivity index (χ2n) is 3.87. The first-order chi connectivity index (χ1) is 6.98. The Morgan fingerprint density at radius 3 is 2.00 bits per heavy atom. The topological polar surface area (TPSA) is 58.2 Å². The molecule has 1 aliphatic rings. The monoisotopic (exact) mass is 252 g/mol. The van der Waals surface area contributed by atoms with Crippen molar-refractivity contribution in [2.45, 2.75) is 33.6 Å². The molecule has 0 aromatic rings. The molecule has 2 N–H and O–H groups in total. The molecule has 0 radical (unpaired) electrons. The van der Waals surface area contributed by atoms with Crippen LogP contribution < -0.4 is 10.6 Å². The van der Waals surface area contributed by atoms with Crippen LogP contribution in [0, 0.1) is 11.3 Å². The van der Waals surface area contributed by atoms with Crippen LogP contribution in [0.1, 0.15) is 33.6 Å². The van der Waals surface area contributed by atoms with E-state index in [2.05, 4.69) is 10.6 Å². The minimum atomic E-state index is -0.961. The summed E-state index contributed by atoms with van der Waals surface area (Å²) >= 11 is 4.77. The zero-order chi connectivity index (χ0) is 11.6. The molecule has 1 aliphatic heterocycles. The molecular weight excluding hydrogens is 235 g/mol. The predicted molar refractivity (Wildman–Crippen MR) is 68.2 cm³/mol. The Balaban J connectivity index is 0.00000225. The normalized spacial score (nSPS) is 20.6. The van der Waals surface area contributed by atoms with Gasteiger partial charge in [0.25, 0.3) is 0 Å². The van der Waals surface area contributed by atoms with Crippen molar-refractivity contribution < 1.29 is 9.59 Å². The zero-order valence-corrected chi connectivity index (χ0v) is 10.0. The first-order valence-electron chi connectivity index (χ1n) is 5.15. The summed E-state index contributed by atoms with van der Waals surface area (Å²) in [6.45, 7) is 5.73. The van der Waals surface area contributed by atoms with E-state index < -0.39 is 5.41 Å². The van der Waals surface area contributed by atoms with Crippen molar-refractivity contribution in [3.05, 3.63) is 0 Å². The van der Waals surface area contributed by atoms with Crippen molar-refractivity contribution in [3.63, 3.8) is 0 Å². The fourth-order valence-electron chi connectivity index (χ4n) is 2.03. The molecule has 0 aliphatic carbocycles. The van der Waals surface area contributed by atoms with Crippen molar-refractivity contribution in [1.82, 2.24) is 10.6 Å². The third-order valence-electron chi connectivity index (χ3n) is 3.28. The number of carbonyl (C=O) groups is 2. The number of hydrogen-bond donors (Lipinski definition) is 2. The van der Waals surface area contributed by atoms with Gasteiger partial charge in [-0.25, -0.2) is 0 Å². The molecule has 0 aromatic heterocycles. The summed E-state index contributed by atoms with van der Waals surface area (Å²) in [7, 11) is 0. The first-order valence-corrected chi connectivity index (χ1v) is 5.56. The Kier molecular flexibility index (Phi) is 6.11. The van der Waals surface area contributed by atoms with Gasteiger partial charge in [-0.05, 0) is 24.6 Å². The molecule has 1 saturated heterocycles. The maximum absolute atomic E-state index is 11.9. The van der Waals surface area contributed by atoms with E-state index in [1.165, 1.54) is 0 Å². The Hall–Kier alpha value is 0.0300. The molecule has 1 fully saturated rings. The molecule has 86 valence electrons. The summed E-state index contributed by atoms with van der Waals surface area (Å²) in [5.41, 5.74) is -0.961. The Bertz CT molecular complexity index is 300. The van der Waals surface area contributed by atoms with E-state index in [1.54, 1.807) is 0 Å². The molecule has 6 heteroatoms. The molecular formula is C10H17N2NaO2S. The van der Waals surface area contributed by atoms with Gasteiger partial charge in [0.05, 0.1) is 0 Å². The fraction of sp³-hybridized carbons (Fsp3) is 0.700. The van der Waals surface area contributed by atoms with Gasteiger partial charge in [-0.15, -0.1) is 0 Å². The van der Waals surface area contributed by atoms with Crippen molar-refractivity contribution in [2.24, 2.45) is 11.3 Å². The third kappa shape index (κ3) is 2.47. The number of carbonyl (C=O) groups excluding carboxylic acids is 2. The van der Waals surface area contributed by atoms with E-state index >= 15 is 0 Å². The summed E-state index contributed by atoms with van der Waals surface area (Å²) < 4.78 is 0. The summed E-state index contributed by atoms with van der Waals surface area (Å²) in [5.74, 6) is -0.535. The van der Waals surface area contributed by atoms with E-state index in [0.29, 0.717) is 6.42 Å². The second-order valence-corrected chi connectivity index (χ2v) is 4.28. The number of amides is 2. The molecule has 16 heavy (non-hydrogen) atoms. The van der Waals surface area contributed by atoms with Crippen LogP contribution in [-0.4, -0.2) is 46.5 Å². The van der Waals surface area contributed by atoms with Gasteiger partial charge in [0.2, 0.25) is 11.8 Å². The van der Waals surface area contributed by atoms with E-state index in [1.807, 2.05) is 20.8 Å². The van der Waals surface area contributed by atoms with Crippen LogP contribution >= 0.6 is 12.2 Å². The molecule has 0 spiro atoms. The maximum atomic E-state index is 11.9. The zero-order valence-electron chi connectivity index (χ0n) is 9.22. The van der Waals surface area contributed by atoms with E-state index in [9.17, 15) is 9.59 Å². The number of thiocarbonyl (C=S) groups is 1. The van der Waals surface area contributed by atoms with E-state index in [4.69, 9.17) is 12.2 Å². The van der Waals surface area contributed by atoms with Gasteiger partial charge in [-0.3, -0.25) is 9.59 Å². The van der Waals surface area contributed by atoms with Crippen LogP contribution in [0.4, 0.5) is 0 Å². The van der Waals surface area contributed by atoms with Gasteiger partial charge in [-0.2, -0.15) is 0 Å². The Morgan fingerprint density at radius 2 is 1.69 bits per heavy atom. The summed E-state index contributed by atoms with van der Waals surface area (Å²) in [5, 5.41) is 5.16. The van der Waals surface area contributed by atoms with Crippen LogP contribution in [0.25, 0.3) is 0 Å². The van der Waals surface area contributed by atoms with Gasteiger partial charge in [0.15, 0.2) is 5.11 Å². The SMILES string of the molecule is CC[C@@H](C)C1(CC)C(=O)NC(=S)NC1=O.[NaH].